The van der Waals surface area contributed by atoms with Gasteiger partial charge in [-0.2, -0.15) is 0 Å². The zero-order chi connectivity index (χ0) is 23.3. The topological polar surface area (TPSA) is 94.2 Å². The van der Waals surface area contributed by atoms with Crippen LogP contribution in [-0.2, 0) is 9.53 Å². The average Bonchev–Trinajstić information content (AvgIpc) is 3.31. The van der Waals surface area contributed by atoms with Crippen LogP contribution in [0.1, 0.15) is 40.3 Å². The Morgan fingerprint density at radius 3 is 2.44 bits per heavy atom. The van der Waals surface area contributed by atoms with E-state index in [9.17, 15) is 14.4 Å². The molecule has 1 saturated heterocycles. The van der Waals surface area contributed by atoms with Gasteiger partial charge in [-0.05, 0) is 41.8 Å². The summed E-state index contributed by atoms with van der Waals surface area (Å²) in [7, 11) is 2.87. The van der Waals surface area contributed by atoms with Crippen molar-refractivity contribution >= 4 is 34.8 Å². The first-order valence-corrected chi connectivity index (χ1v) is 11.3. The highest BCUT2D eigenvalue weighted by Crippen LogP contribution is 2.37. The van der Waals surface area contributed by atoms with Crippen LogP contribution in [0.5, 0.6) is 11.5 Å². The van der Waals surface area contributed by atoms with Crippen molar-refractivity contribution in [3.05, 3.63) is 40.1 Å². The molecule has 1 aliphatic rings. The number of ether oxygens (including phenoxy) is 3. The van der Waals surface area contributed by atoms with E-state index in [2.05, 4.69) is 19.2 Å². The number of carbonyl (C=O) groups excluding carboxylic acids is 3. The Balaban J connectivity index is 1.74. The summed E-state index contributed by atoms with van der Waals surface area (Å²) >= 11 is 1.29. The second-order valence-corrected chi connectivity index (χ2v) is 8.96. The van der Waals surface area contributed by atoms with E-state index in [4.69, 9.17) is 14.2 Å². The highest BCUT2D eigenvalue weighted by atomic mass is 32.1. The van der Waals surface area contributed by atoms with Crippen LogP contribution in [-0.4, -0.2) is 56.6 Å². The highest BCUT2D eigenvalue weighted by molar-refractivity contribution is 7.12. The molecule has 2 heterocycles. The van der Waals surface area contributed by atoms with E-state index in [-0.39, 0.29) is 41.2 Å². The number of anilines is 1. The first-order chi connectivity index (χ1) is 15.3. The Hall–Kier alpha value is -3.07. The van der Waals surface area contributed by atoms with E-state index < -0.39 is 5.97 Å². The molecule has 2 aromatic rings. The lowest BCUT2D eigenvalue weighted by Gasteiger charge is -2.34. The van der Waals surface area contributed by atoms with Crippen molar-refractivity contribution in [2.75, 3.05) is 39.2 Å². The van der Waals surface area contributed by atoms with Gasteiger partial charge in [0, 0.05) is 13.1 Å². The smallest absolute Gasteiger partial charge is 0.338 e. The first-order valence-electron chi connectivity index (χ1n) is 10.4. The molecule has 9 heteroatoms. The van der Waals surface area contributed by atoms with E-state index >= 15 is 0 Å². The normalized spacial score (nSPS) is 18.1. The van der Waals surface area contributed by atoms with Gasteiger partial charge < -0.3 is 24.4 Å². The number of esters is 1. The maximum Gasteiger partial charge on any atom is 0.338 e. The Labute approximate surface area is 191 Å². The Kier molecular flexibility index (Phi) is 7.74. The molecular weight excluding hydrogens is 432 g/mol. The highest BCUT2D eigenvalue weighted by Gasteiger charge is 2.26. The lowest BCUT2D eigenvalue weighted by Crippen LogP contribution is -2.44. The maximum absolute atomic E-state index is 12.7. The number of hydrogen-bond donors (Lipinski definition) is 1. The van der Waals surface area contributed by atoms with Crippen molar-refractivity contribution in [3.8, 4) is 11.5 Å². The number of methoxy groups -OCH3 is 2. The predicted molar refractivity (Wildman–Crippen MR) is 122 cm³/mol. The molecule has 0 radical (unpaired) electrons. The summed E-state index contributed by atoms with van der Waals surface area (Å²) in [6.07, 6.45) is 1.08. The van der Waals surface area contributed by atoms with Crippen molar-refractivity contribution in [2.45, 2.75) is 20.3 Å². The van der Waals surface area contributed by atoms with Gasteiger partial charge in [0.05, 0.1) is 30.3 Å². The molecule has 32 heavy (non-hydrogen) atoms. The number of hydrogen-bond acceptors (Lipinski definition) is 7. The van der Waals surface area contributed by atoms with Crippen LogP contribution >= 0.6 is 11.3 Å². The first kappa shape index (κ1) is 23.6. The number of carbonyl (C=O) groups is 3. The Morgan fingerprint density at radius 2 is 1.84 bits per heavy atom. The molecule has 0 bridgehead atoms. The van der Waals surface area contributed by atoms with E-state index in [1.54, 1.807) is 22.4 Å². The van der Waals surface area contributed by atoms with E-state index in [0.29, 0.717) is 29.8 Å². The summed E-state index contributed by atoms with van der Waals surface area (Å²) in [5, 5.41) is 4.54. The quantitative estimate of drug-likeness (QED) is 0.634. The van der Waals surface area contributed by atoms with Gasteiger partial charge in [0.1, 0.15) is 0 Å². The summed E-state index contributed by atoms with van der Waals surface area (Å²) in [5.74, 6) is 0.120. The number of amides is 2. The van der Waals surface area contributed by atoms with Crippen LogP contribution in [0.3, 0.4) is 0 Å². The van der Waals surface area contributed by atoms with Crippen LogP contribution in [0.25, 0.3) is 0 Å². The van der Waals surface area contributed by atoms with Crippen LogP contribution in [0.15, 0.2) is 29.6 Å². The summed E-state index contributed by atoms with van der Waals surface area (Å²) in [6, 6.07) is 6.37. The van der Waals surface area contributed by atoms with Gasteiger partial charge in [0.2, 0.25) is 0 Å². The molecule has 2 atom stereocenters. The third-order valence-corrected chi connectivity index (χ3v) is 6.12. The fourth-order valence-electron chi connectivity index (χ4n) is 3.94. The molecule has 1 aliphatic heterocycles. The molecule has 2 amide bonds. The summed E-state index contributed by atoms with van der Waals surface area (Å²) in [4.78, 5) is 40.0. The van der Waals surface area contributed by atoms with Crippen molar-refractivity contribution in [1.29, 1.82) is 0 Å². The number of nitrogens with one attached hydrogen (secondary N) is 1. The molecule has 0 aliphatic carbocycles. The number of thiophene rings is 1. The third-order valence-electron chi connectivity index (χ3n) is 5.26. The van der Waals surface area contributed by atoms with Crippen molar-refractivity contribution < 1.29 is 28.6 Å². The van der Waals surface area contributed by atoms with Gasteiger partial charge in [-0.1, -0.05) is 19.9 Å². The second-order valence-electron chi connectivity index (χ2n) is 8.01. The van der Waals surface area contributed by atoms with E-state index in [1.165, 1.54) is 37.7 Å². The maximum atomic E-state index is 12.7. The minimum absolute atomic E-state index is 0.136. The largest absolute Gasteiger partial charge is 0.493 e. The molecule has 1 N–H and O–H groups in total. The number of nitrogens with zero attached hydrogens (tertiary/aromatic N) is 1. The molecule has 172 valence electrons. The van der Waals surface area contributed by atoms with Gasteiger partial charge in [-0.3, -0.25) is 9.59 Å². The van der Waals surface area contributed by atoms with Crippen molar-refractivity contribution in [3.63, 3.8) is 0 Å². The number of piperidine rings is 1. The Morgan fingerprint density at radius 1 is 1.12 bits per heavy atom. The number of likely N-dealkylation sites (tertiary alicyclic amines) is 1. The fraction of sp³-hybridized carbons (Fsp3) is 0.435. The molecule has 8 nitrogen and oxygen atoms in total. The summed E-state index contributed by atoms with van der Waals surface area (Å²) < 4.78 is 16.0. The van der Waals surface area contributed by atoms with Gasteiger partial charge in [0.25, 0.3) is 11.8 Å². The zero-order valence-corrected chi connectivity index (χ0v) is 19.5. The number of rotatable bonds is 7. The van der Waals surface area contributed by atoms with Crippen LogP contribution in [0.2, 0.25) is 0 Å². The number of benzene rings is 1. The van der Waals surface area contributed by atoms with E-state index in [1.807, 2.05) is 0 Å². The van der Waals surface area contributed by atoms with Crippen LogP contribution in [0.4, 0.5) is 5.69 Å². The van der Waals surface area contributed by atoms with Crippen molar-refractivity contribution in [1.82, 2.24) is 4.90 Å². The zero-order valence-electron chi connectivity index (χ0n) is 18.7. The SMILES string of the molecule is COc1cc(C(=O)OCC(=O)N2C[C@H](C)C[C@@H](C)C2)cc(NC(=O)c2cccs2)c1OC. The third kappa shape index (κ3) is 5.59. The summed E-state index contributed by atoms with van der Waals surface area (Å²) in [6.45, 7) is 5.20. The lowest BCUT2D eigenvalue weighted by atomic mass is 9.92. The molecule has 0 spiro atoms. The summed E-state index contributed by atoms with van der Waals surface area (Å²) in [5.41, 5.74) is 0.402. The van der Waals surface area contributed by atoms with Crippen molar-refractivity contribution in [2.24, 2.45) is 11.8 Å². The predicted octanol–water partition coefficient (Wildman–Crippen LogP) is 3.68. The van der Waals surface area contributed by atoms with Crippen LogP contribution < -0.4 is 14.8 Å². The molecule has 0 unspecified atom stereocenters. The molecule has 1 aromatic heterocycles. The minimum atomic E-state index is -0.691. The molecule has 1 fully saturated rings. The molecule has 1 aromatic carbocycles. The fourth-order valence-corrected chi connectivity index (χ4v) is 4.55. The van der Waals surface area contributed by atoms with Gasteiger partial charge in [-0.25, -0.2) is 4.79 Å². The average molecular weight is 461 g/mol. The molecule has 0 saturated carbocycles. The molecule has 3 rings (SSSR count). The standard InChI is InChI=1S/C23H28N2O6S/c1-14-8-15(2)12-25(11-14)20(26)13-31-23(28)16-9-17(21(30-4)18(10-16)29-3)24-22(27)19-6-5-7-32-19/h5-7,9-10,14-15H,8,11-13H2,1-4H3,(H,24,27)/t14-,15-/m1/s1. The lowest BCUT2D eigenvalue weighted by molar-refractivity contribution is -0.137. The second kappa shape index (κ2) is 10.5. The van der Waals surface area contributed by atoms with Gasteiger partial charge >= 0.3 is 5.97 Å². The van der Waals surface area contributed by atoms with Crippen LogP contribution in [0, 0.1) is 11.8 Å². The van der Waals surface area contributed by atoms with E-state index in [0.717, 1.165) is 6.42 Å². The minimum Gasteiger partial charge on any atom is -0.493 e. The monoisotopic (exact) mass is 460 g/mol. The van der Waals surface area contributed by atoms with Gasteiger partial charge in [0.15, 0.2) is 18.1 Å². The van der Waals surface area contributed by atoms with Gasteiger partial charge in [-0.15, -0.1) is 11.3 Å². The Bertz CT molecular complexity index is 965. The molecular formula is C23H28N2O6S.